The Morgan fingerprint density at radius 2 is 1.82 bits per heavy atom. The van der Waals surface area contributed by atoms with Crippen molar-refractivity contribution in [2.45, 2.75) is 31.1 Å². The number of aryl methyl sites for hydroxylation is 1. The zero-order chi connectivity index (χ0) is 12.7. The number of benzene rings is 1. The molecule has 2 nitrogen and oxygen atoms in total. The van der Waals surface area contributed by atoms with Gasteiger partial charge in [0.05, 0.1) is 10.6 Å². The molecule has 1 aromatic carbocycles. The van der Waals surface area contributed by atoms with Gasteiger partial charge in [0.2, 0.25) is 0 Å². The lowest BCUT2D eigenvalue weighted by molar-refractivity contribution is 0.591. The van der Waals surface area contributed by atoms with Crippen molar-refractivity contribution in [3.8, 4) is 0 Å². The van der Waals surface area contributed by atoms with E-state index in [-0.39, 0.29) is 5.75 Å². The Balaban J connectivity index is 2.54. The predicted octanol–water partition coefficient (Wildman–Crippen LogP) is 3.85. The van der Waals surface area contributed by atoms with E-state index < -0.39 is 9.84 Å². The maximum absolute atomic E-state index is 11.9. The first-order valence-corrected chi connectivity index (χ1v) is 8.18. The first-order valence-electron chi connectivity index (χ1n) is 5.61. The molecule has 0 N–H and O–H groups in total. The molecule has 0 heterocycles. The number of halogens is 1. The number of hydrogen-bond donors (Lipinski definition) is 0. The Labute approximate surface area is 112 Å². The van der Waals surface area contributed by atoms with Crippen LogP contribution in [0.4, 0.5) is 0 Å². The van der Waals surface area contributed by atoms with Crippen LogP contribution in [0.5, 0.6) is 0 Å². The van der Waals surface area contributed by atoms with E-state index in [4.69, 9.17) is 0 Å². The van der Waals surface area contributed by atoms with Crippen LogP contribution in [-0.2, 0) is 9.84 Å². The molecule has 1 rings (SSSR count). The molecule has 94 valence electrons. The largest absolute Gasteiger partial charge is 0.224 e. The van der Waals surface area contributed by atoms with Crippen LogP contribution in [0.25, 0.3) is 0 Å². The molecule has 0 bridgehead atoms. The van der Waals surface area contributed by atoms with Crippen LogP contribution >= 0.6 is 15.9 Å². The summed E-state index contributed by atoms with van der Waals surface area (Å²) in [5.41, 5.74) is 1.08. The standard InChI is InChI=1S/C13H17BrO2S/c1-12-6-8-13(9-7-12)17(15,16)11-5-3-2-4-10-14/h4,6-10H,2-3,5,11H2,1H3/b10-4+. The molecule has 0 amide bonds. The van der Waals surface area contributed by atoms with Crippen molar-refractivity contribution in [3.63, 3.8) is 0 Å². The summed E-state index contributed by atoms with van der Waals surface area (Å²) in [7, 11) is -3.10. The van der Waals surface area contributed by atoms with Gasteiger partial charge in [0, 0.05) is 0 Å². The molecule has 0 fully saturated rings. The lowest BCUT2D eigenvalue weighted by atomic mass is 10.2. The van der Waals surface area contributed by atoms with E-state index in [1.807, 2.05) is 30.1 Å². The first kappa shape index (κ1) is 14.5. The van der Waals surface area contributed by atoms with Crippen molar-refractivity contribution in [2.24, 2.45) is 0 Å². The fraction of sp³-hybridized carbons (Fsp3) is 0.385. The highest BCUT2D eigenvalue weighted by Crippen LogP contribution is 2.14. The van der Waals surface area contributed by atoms with Crippen molar-refractivity contribution in [3.05, 3.63) is 40.9 Å². The molecule has 0 radical (unpaired) electrons. The van der Waals surface area contributed by atoms with Crippen LogP contribution in [0.1, 0.15) is 24.8 Å². The van der Waals surface area contributed by atoms with Gasteiger partial charge in [0.1, 0.15) is 0 Å². The molecule has 0 spiro atoms. The van der Waals surface area contributed by atoms with E-state index >= 15 is 0 Å². The molecule has 0 saturated heterocycles. The number of unbranched alkanes of at least 4 members (excludes halogenated alkanes) is 2. The molecular formula is C13H17BrO2S. The summed E-state index contributed by atoms with van der Waals surface area (Å²) in [4.78, 5) is 2.24. The van der Waals surface area contributed by atoms with Gasteiger partial charge in [-0.1, -0.05) is 39.7 Å². The SMILES string of the molecule is Cc1ccc(S(=O)(=O)CCCC/C=C/Br)cc1. The number of allylic oxidation sites excluding steroid dienone is 1. The third-order valence-electron chi connectivity index (χ3n) is 2.50. The molecule has 1 aromatic rings. The minimum atomic E-state index is -3.10. The monoisotopic (exact) mass is 316 g/mol. The van der Waals surface area contributed by atoms with Crippen LogP contribution in [-0.4, -0.2) is 14.2 Å². The van der Waals surface area contributed by atoms with Crippen molar-refractivity contribution < 1.29 is 8.42 Å². The third kappa shape index (κ3) is 5.04. The summed E-state index contributed by atoms with van der Waals surface area (Å²) in [6, 6.07) is 7.03. The second-order valence-electron chi connectivity index (χ2n) is 3.99. The van der Waals surface area contributed by atoms with Gasteiger partial charge in [-0.15, -0.1) is 0 Å². The molecule has 0 unspecified atom stereocenters. The highest BCUT2D eigenvalue weighted by atomic mass is 79.9. The van der Waals surface area contributed by atoms with Gasteiger partial charge in [-0.05, 0) is 43.3 Å². The third-order valence-corrected chi connectivity index (χ3v) is 4.69. The van der Waals surface area contributed by atoms with Gasteiger partial charge in [0.25, 0.3) is 0 Å². The first-order chi connectivity index (χ1) is 8.06. The van der Waals surface area contributed by atoms with Crippen LogP contribution in [0, 0.1) is 6.92 Å². The van der Waals surface area contributed by atoms with E-state index in [1.54, 1.807) is 12.1 Å². The summed E-state index contributed by atoms with van der Waals surface area (Å²) in [6.07, 6.45) is 4.49. The molecule has 0 saturated carbocycles. The smallest absolute Gasteiger partial charge is 0.178 e. The number of rotatable bonds is 6. The van der Waals surface area contributed by atoms with Crippen LogP contribution in [0.15, 0.2) is 40.2 Å². The Morgan fingerprint density at radius 1 is 1.18 bits per heavy atom. The quantitative estimate of drug-likeness (QED) is 0.747. The minimum absolute atomic E-state index is 0.228. The maximum atomic E-state index is 11.9. The van der Waals surface area contributed by atoms with Crippen molar-refractivity contribution in [1.82, 2.24) is 0 Å². The van der Waals surface area contributed by atoms with Gasteiger partial charge < -0.3 is 0 Å². The molecule has 0 atom stereocenters. The number of hydrogen-bond acceptors (Lipinski definition) is 2. The van der Waals surface area contributed by atoms with E-state index in [0.717, 1.165) is 18.4 Å². The lowest BCUT2D eigenvalue weighted by Gasteiger charge is -2.04. The molecule has 0 aliphatic heterocycles. The normalized spacial score (nSPS) is 12.1. The molecular weight excluding hydrogens is 300 g/mol. The second-order valence-corrected chi connectivity index (χ2v) is 6.63. The van der Waals surface area contributed by atoms with E-state index in [2.05, 4.69) is 15.9 Å². The van der Waals surface area contributed by atoms with Gasteiger partial charge in [0.15, 0.2) is 9.84 Å². The van der Waals surface area contributed by atoms with Gasteiger partial charge in [-0.25, -0.2) is 8.42 Å². The Kier molecular flexibility index (Phi) is 5.92. The van der Waals surface area contributed by atoms with E-state index in [9.17, 15) is 8.42 Å². The molecule has 0 aliphatic rings. The summed E-state index contributed by atoms with van der Waals surface area (Å²) >= 11 is 3.19. The average molecular weight is 317 g/mol. The Morgan fingerprint density at radius 3 is 2.41 bits per heavy atom. The van der Waals surface area contributed by atoms with Crippen molar-refractivity contribution in [1.29, 1.82) is 0 Å². The maximum Gasteiger partial charge on any atom is 0.178 e. The average Bonchev–Trinajstić information content (AvgIpc) is 2.29. The molecule has 4 heteroatoms. The second kappa shape index (κ2) is 6.97. The zero-order valence-corrected chi connectivity index (χ0v) is 12.3. The minimum Gasteiger partial charge on any atom is -0.224 e. The summed E-state index contributed by atoms with van der Waals surface area (Å²) in [5, 5.41) is 0. The van der Waals surface area contributed by atoms with E-state index in [0.29, 0.717) is 11.3 Å². The van der Waals surface area contributed by atoms with Crippen LogP contribution < -0.4 is 0 Å². The Hall–Kier alpha value is -0.610. The predicted molar refractivity (Wildman–Crippen MR) is 75.1 cm³/mol. The van der Waals surface area contributed by atoms with Gasteiger partial charge >= 0.3 is 0 Å². The molecule has 17 heavy (non-hydrogen) atoms. The van der Waals surface area contributed by atoms with E-state index in [1.165, 1.54) is 0 Å². The summed E-state index contributed by atoms with van der Waals surface area (Å²) in [6.45, 7) is 1.95. The van der Waals surface area contributed by atoms with Gasteiger partial charge in [-0.2, -0.15) is 0 Å². The summed E-state index contributed by atoms with van der Waals surface area (Å²) < 4.78 is 23.9. The summed E-state index contributed by atoms with van der Waals surface area (Å²) in [5.74, 6) is 0.228. The zero-order valence-electron chi connectivity index (χ0n) is 9.90. The Bertz CT molecular complexity index is 461. The van der Waals surface area contributed by atoms with Crippen LogP contribution in [0.2, 0.25) is 0 Å². The van der Waals surface area contributed by atoms with Crippen molar-refractivity contribution >= 4 is 25.8 Å². The highest BCUT2D eigenvalue weighted by molar-refractivity contribution is 9.11. The fourth-order valence-corrected chi connectivity index (χ4v) is 3.12. The highest BCUT2D eigenvalue weighted by Gasteiger charge is 2.12. The van der Waals surface area contributed by atoms with Crippen molar-refractivity contribution in [2.75, 3.05) is 5.75 Å². The molecule has 0 aromatic heterocycles. The fourth-order valence-electron chi connectivity index (χ4n) is 1.48. The lowest BCUT2D eigenvalue weighted by Crippen LogP contribution is -2.06. The van der Waals surface area contributed by atoms with Gasteiger partial charge in [-0.3, -0.25) is 0 Å². The topological polar surface area (TPSA) is 34.1 Å². The number of sulfone groups is 1. The van der Waals surface area contributed by atoms with Crippen LogP contribution in [0.3, 0.4) is 0 Å². The molecule has 0 aliphatic carbocycles.